The number of carbonyl (C=O) groups excluding carboxylic acids is 2. The lowest BCUT2D eigenvalue weighted by Gasteiger charge is -2.25. The van der Waals surface area contributed by atoms with Crippen LogP contribution in [0, 0.1) is 0 Å². The average molecular weight is 464 g/mol. The number of Topliss-reactive ketones (excluding diaryl/α,β-unsaturated/α-hetero) is 1. The number of anilines is 1. The van der Waals surface area contributed by atoms with E-state index < -0.39 is 17.7 Å². The third-order valence-electron chi connectivity index (χ3n) is 5.01. The molecule has 3 aromatic rings. The van der Waals surface area contributed by atoms with Gasteiger partial charge in [-0.25, -0.2) is 0 Å². The van der Waals surface area contributed by atoms with Crippen LogP contribution < -0.4 is 9.64 Å². The summed E-state index contributed by atoms with van der Waals surface area (Å²) in [6.45, 7) is 0. The fraction of sp³-hybridized carbons (Fsp3) is 0.0833. The second-order valence-electron chi connectivity index (χ2n) is 6.79. The number of rotatable bonds is 4. The van der Waals surface area contributed by atoms with Crippen LogP contribution in [-0.2, 0) is 9.59 Å². The first-order valence-electron chi connectivity index (χ1n) is 9.27. The molecule has 0 radical (unpaired) electrons. The number of hydrogen-bond acceptors (Lipinski definition) is 4. The summed E-state index contributed by atoms with van der Waals surface area (Å²) in [5.41, 5.74) is 1.74. The molecule has 0 aromatic heterocycles. The first-order chi connectivity index (χ1) is 14.5. The van der Waals surface area contributed by atoms with E-state index >= 15 is 0 Å². The number of ketones is 1. The van der Waals surface area contributed by atoms with Gasteiger partial charge in [0.1, 0.15) is 11.5 Å². The number of hydrogen-bond donors (Lipinski definition) is 1. The van der Waals surface area contributed by atoms with Crippen LogP contribution in [0.25, 0.3) is 5.76 Å². The van der Waals surface area contributed by atoms with Crippen molar-refractivity contribution in [3.05, 3.63) is 100 Å². The van der Waals surface area contributed by atoms with Gasteiger partial charge in [-0.2, -0.15) is 0 Å². The van der Waals surface area contributed by atoms with E-state index in [0.29, 0.717) is 22.6 Å². The highest BCUT2D eigenvalue weighted by Gasteiger charge is 2.47. The lowest BCUT2D eigenvalue weighted by atomic mass is 9.95. The van der Waals surface area contributed by atoms with E-state index in [9.17, 15) is 14.7 Å². The molecule has 1 atom stereocenters. The zero-order chi connectivity index (χ0) is 21.3. The van der Waals surface area contributed by atoms with Crippen molar-refractivity contribution < 1.29 is 19.4 Å². The Morgan fingerprint density at radius 1 is 0.967 bits per heavy atom. The van der Waals surface area contributed by atoms with Crippen molar-refractivity contribution in [1.82, 2.24) is 0 Å². The highest BCUT2D eigenvalue weighted by atomic mass is 79.9. The molecule has 1 amide bonds. The molecule has 1 aliphatic heterocycles. The van der Waals surface area contributed by atoms with E-state index in [1.54, 1.807) is 48.5 Å². The predicted octanol–water partition coefficient (Wildman–Crippen LogP) is 5.08. The molecule has 1 heterocycles. The molecule has 5 nitrogen and oxygen atoms in total. The van der Waals surface area contributed by atoms with Crippen LogP contribution in [-0.4, -0.2) is 23.9 Å². The number of carbonyl (C=O) groups is 2. The Morgan fingerprint density at radius 3 is 2.33 bits per heavy atom. The summed E-state index contributed by atoms with van der Waals surface area (Å²) in [7, 11) is 1.54. The van der Waals surface area contributed by atoms with Crippen LogP contribution in [0.5, 0.6) is 5.75 Å². The molecule has 1 aliphatic rings. The Hall–Kier alpha value is -3.38. The lowest BCUT2D eigenvalue weighted by molar-refractivity contribution is -0.132. The van der Waals surface area contributed by atoms with Gasteiger partial charge in [0.05, 0.1) is 18.7 Å². The van der Waals surface area contributed by atoms with E-state index in [4.69, 9.17) is 4.74 Å². The molecule has 0 bridgehead atoms. The van der Waals surface area contributed by atoms with Crippen molar-refractivity contribution in [1.29, 1.82) is 0 Å². The second-order valence-corrected chi connectivity index (χ2v) is 7.70. The van der Waals surface area contributed by atoms with E-state index in [-0.39, 0.29) is 11.3 Å². The zero-order valence-electron chi connectivity index (χ0n) is 16.1. The van der Waals surface area contributed by atoms with Crippen molar-refractivity contribution in [2.24, 2.45) is 0 Å². The average Bonchev–Trinajstić information content (AvgIpc) is 3.05. The largest absolute Gasteiger partial charge is 0.507 e. The van der Waals surface area contributed by atoms with Gasteiger partial charge in [-0.05, 0) is 29.8 Å². The number of aliphatic hydroxyl groups is 1. The number of methoxy groups -OCH3 is 1. The van der Waals surface area contributed by atoms with Gasteiger partial charge in [-0.15, -0.1) is 0 Å². The highest BCUT2D eigenvalue weighted by Crippen LogP contribution is 2.42. The lowest BCUT2D eigenvalue weighted by Crippen LogP contribution is -2.29. The molecular weight excluding hydrogens is 446 g/mol. The Bertz CT molecular complexity index is 1140. The Morgan fingerprint density at radius 2 is 1.67 bits per heavy atom. The van der Waals surface area contributed by atoms with Crippen LogP contribution in [0.3, 0.4) is 0 Å². The van der Waals surface area contributed by atoms with Crippen molar-refractivity contribution >= 4 is 39.1 Å². The van der Waals surface area contributed by atoms with E-state index in [1.165, 1.54) is 12.0 Å². The molecule has 1 N–H and O–H groups in total. The van der Waals surface area contributed by atoms with Gasteiger partial charge in [0.15, 0.2) is 0 Å². The van der Waals surface area contributed by atoms with Gasteiger partial charge in [-0.3, -0.25) is 14.5 Å². The molecule has 1 fully saturated rings. The third kappa shape index (κ3) is 3.50. The van der Waals surface area contributed by atoms with Crippen LogP contribution in [0.15, 0.2) is 88.9 Å². The van der Waals surface area contributed by atoms with Crippen LogP contribution in [0.1, 0.15) is 17.2 Å². The minimum Gasteiger partial charge on any atom is -0.507 e. The Labute approximate surface area is 182 Å². The molecule has 3 aromatic carbocycles. The summed E-state index contributed by atoms with van der Waals surface area (Å²) in [5, 5.41) is 11.0. The van der Waals surface area contributed by atoms with E-state index in [1.807, 2.05) is 30.3 Å². The van der Waals surface area contributed by atoms with Crippen LogP contribution >= 0.6 is 15.9 Å². The zero-order valence-corrected chi connectivity index (χ0v) is 17.7. The topological polar surface area (TPSA) is 66.8 Å². The number of benzene rings is 3. The van der Waals surface area contributed by atoms with Gasteiger partial charge >= 0.3 is 0 Å². The maximum atomic E-state index is 13.1. The molecule has 4 rings (SSSR count). The fourth-order valence-corrected chi connectivity index (χ4v) is 3.84. The minimum absolute atomic E-state index is 0.0522. The standard InChI is InChI=1S/C24H18BrNO4/c1-30-19-9-5-8-18(14-19)26-21(15-10-12-17(25)13-11-15)20(23(28)24(26)29)22(27)16-6-3-2-4-7-16/h2-14,21,27H,1H3/b22-20-. The molecule has 1 saturated heterocycles. The molecule has 0 spiro atoms. The maximum absolute atomic E-state index is 13.1. The molecule has 0 saturated carbocycles. The predicted molar refractivity (Wildman–Crippen MR) is 118 cm³/mol. The highest BCUT2D eigenvalue weighted by molar-refractivity contribution is 9.10. The quantitative estimate of drug-likeness (QED) is 0.332. The van der Waals surface area contributed by atoms with Gasteiger partial charge < -0.3 is 9.84 Å². The van der Waals surface area contributed by atoms with Crippen molar-refractivity contribution in [2.45, 2.75) is 6.04 Å². The maximum Gasteiger partial charge on any atom is 0.300 e. The van der Waals surface area contributed by atoms with Gasteiger partial charge in [0.25, 0.3) is 11.7 Å². The van der Waals surface area contributed by atoms with Crippen molar-refractivity contribution in [2.75, 3.05) is 12.0 Å². The number of nitrogens with zero attached hydrogens (tertiary/aromatic N) is 1. The Kier molecular flexibility index (Phi) is 5.42. The normalized spacial score (nSPS) is 17.9. The summed E-state index contributed by atoms with van der Waals surface area (Å²) in [5.74, 6) is -1.07. The Balaban J connectivity index is 1.94. The molecule has 6 heteroatoms. The van der Waals surface area contributed by atoms with Crippen molar-refractivity contribution in [3.63, 3.8) is 0 Å². The molecule has 30 heavy (non-hydrogen) atoms. The SMILES string of the molecule is COc1cccc(N2C(=O)C(=O)/C(=C(\O)c3ccccc3)C2c2ccc(Br)cc2)c1. The second kappa shape index (κ2) is 8.16. The van der Waals surface area contributed by atoms with Crippen LogP contribution in [0.2, 0.25) is 0 Å². The first kappa shape index (κ1) is 19.9. The number of amides is 1. The summed E-state index contributed by atoms with van der Waals surface area (Å²) in [4.78, 5) is 27.5. The summed E-state index contributed by atoms with van der Waals surface area (Å²) in [6.07, 6.45) is 0. The van der Waals surface area contributed by atoms with Crippen LogP contribution in [0.4, 0.5) is 5.69 Å². The summed E-state index contributed by atoms with van der Waals surface area (Å²) in [6, 6.07) is 22.3. The molecular formula is C24H18BrNO4. The molecule has 150 valence electrons. The molecule has 1 unspecified atom stereocenters. The third-order valence-corrected chi connectivity index (χ3v) is 5.54. The number of aliphatic hydroxyl groups excluding tert-OH is 1. The number of halogens is 1. The van der Waals surface area contributed by atoms with Gasteiger partial charge in [0, 0.05) is 21.8 Å². The van der Waals surface area contributed by atoms with E-state index in [2.05, 4.69) is 15.9 Å². The van der Waals surface area contributed by atoms with E-state index in [0.717, 1.165) is 4.47 Å². The van der Waals surface area contributed by atoms with Gasteiger partial charge in [-0.1, -0.05) is 64.5 Å². The fourth-order valence-electron chi connectivity index (χ4n) is 3.57. The molecule has 0 aliphatic carbocycles. The number of ether oxygens (including phenoxy) is 1. The minimum atomic E-state index is -0.773. The monoisotopic (exact) mass is 463 g/mol. The van der Waals surface area contributed by atoms with Gasteiger partial charge in [0.2, 0.25) is 0 Å². The van der Waals surface area contributed by atoms with Crippen molar-refractivity contribution in [3.8, 4) is 5.75 Å². The summed E-state index contributed by atoms with van der Waals surface area (Å²) < 4.78 is 6.15. The summed E-state index contributed by atoms with van der Waals surface area (Å²) >= 11 is 3.41. The smallest absolute Gasteiger partial charge is 0.300 e. The first-order valence-corrected chi connectivity index (χ1v) is 10.1.